The van der Waals surface area contributed by atoms with Crippen molar-refractivity contribution in [2.75, 3.05) is 11.5 Å². The second kappa shape index (κ2) is 8.65. The number of anilines is 1. The number of para-hydroxylation sites is 1. The molecule has 154 valence electrons. The normalized spacial score (nSPS) is 15.3. The van der Waals surface area contributed by atoms with Crippen LogP contribution in [0.3, 0.4) is 0 Å². The summed E-state index contributed by atoms with van der Waals surface area (Å²) >= 11 is 0. The molecule has 1 heterocycles. The molecule has 7 heteroatoms. The number of rotatable bonds is 6. The molecule has 0 radical (unpaired) electrons. The summed E-state index contributed by atoms with van der Waals surface area (Å²) in [5.74, 6) is -1.30. The van der Waals surface area contributed by atoms with E-state index in [9.17, 15) is 19.5 Å². The first-order chi connectivity index (χ1) is 14.4. The van der Waals surface area contributed by atoms with E-state index in [1.165, 1.54) is 12.1 Å². The zero-order chi connectivity index (χ0) is 21.8. The first kappa shape index (κ1) is 20.9. The van der Waals surface area contributed by atoms with E-state index in [2.05, 4.69) is 11.9 Å². The Morgan fingerprint density at radius 1 is 1.20 bits per heavy atom. The number of hydrogen-bond acceptors (Lipinski definition) is 5. The number of nitrogens with zero attached hydrogens (tertiary/aromatic N) is 1. The molecule has 30 heavy (non-hydrogen) atoms. The number of barbiturate groups is 1. The summed E-state index contributed by atoms with van der Waals surface area (Å²) in [5, 5.41) is 12.6. The van der Waals surface area contributed by atoms with Gasteiger partial charge in [-0.25, -0.2) is 9.69 Å². The number of benzene rings is 2. The van der Waals surface area contributed by atoms with Crippen LogP contribution < -0.4 is 15.0 Å². The number of phenols is 1. The molecule has 7 nitrogen and oxygen atoms in total. The van der Waals surface area contributed by atoms with E-state index in [1.54, 1.807) is 50.3 Å². The fourth-order valence-corrected chi connectivity index (χ4v) is 3.21. The summed E-state index contributed by atoms with van der Waals surface area (Å²) in [7, 11) is 0. The van der Waals surface area contributed by atoms with Gasteiger partial charge < -0.3 is 9.84 Å². The number of aromatic hydroxyl groups is 1. The van der Waals surface area contributed by atoms with Crippen LogP contribution in [0.4, 0.5) is 10.5 Å². The van der Waals surface area contributed by atoms with Gasteiger partial charge in [0.15, 0.2) is 11.5 Å². The highest BCUT2D eigenvalue weighted by Crippen LogP contribution is 2.34. The van der Waals surface area contributed by atoms with Crippen molar-refractivity contribution in [3.05, 3.63) is 71.3 Å². The number of aryl methyl sites for hydroxylation is 1. The minimum absolute atomic E-state index is 0.0185. The van der Waals surface area contributed by atoms with E-state index < -0.39 is 17.8 Å². The number of hydrogen-bond donors (Lipinski definition) is 2. The van der Waals surface area contributed by atoms with Gasteiger partial charge in [0.05, 0.1) is 12.3 Å². The molecule has 2 N–H and O–H groups in total. The summed E-state index contributed by atoms with van der Waals surface area (Å²) in [6, 6.07) is 9.28. The number of imide groups is 2. The van der Waals surface area contributed by atoms with E-state index >= 15 is 0 Å². The second-order valence-corrected chi connectivity index (χ2v) is 6.70. The number of urea groups is 1. The lowest BCUT2D eigenvalue weighted by molar-refractivity contribution is -0.122. The minimum Gasteiger partial charge on any atom is -0.504 e. The van der Waals surface area contributed by atoms with Crippen molar-refractivity contribution in [2.24, 2.45) is 0 Å². The number of amides is 4. The maximum atomic E-state index is 13.1. The molecule has 0 saturated carbocycles. The molecule has 1 aliphatic rings. The van der Waals surface area contributed by atoms with Gasteiger partial charge in [0.25, 0.3) is 11.8 Å². The molecule has 1 fully saturated rings. The molecule has 3 rings (SSSR count). The van der Waals surface area contributed by atoms with Gasteiger partial charge in [0, 0.05) is 5.56 Å². The predicted molar refractivity (Wildman–Crippen MR) is 113 cm³/mol. The molecule has 0 aromatic heterocycles. The molecular formula is C23H22N2O5. The van der Waals surface area contributed by atoms with Crippen LogP contribution in [0.5, 0.6) is 11.5 Å². The Kier molecular flexibility index (Phi) is 6.01. The summed E-state index contributed by atoms with van der Waals surface area (Å²) in [6.07, 6.45) is 3.37. The van der Waals surface area contributed by atoms with Crippen molar-refractivity contribution in [1.82, 2.24) is 5.32 Å². The van der Waals surface area contributed by atoms with Gasteiger partial charge in [0.1, 0.15) is 5.57 Å². The maximum absolute atomic E-state index is 13.1. The van der Waals surface area contributed by atoms with Crippen LogP contribution in [0.15, 0.2) is 54.6 Å². The van der Waals surface area contributed by atoms with Gasteiger partial charge in [0.2, 0.25) is 0 Å². The van der Waals surface area contributed by atoms with Crippen LogP contribution in [0.1, 0.15) is 23.6 Å². The topological polar surface area (TPSA) is 95.9 Å². The highest BCUT2D eigenvalue weighted by atomic mass is 16.5. The van der Waals surface area contributed by atoms with Crippen LogP contribution in [-0.4, -0.2) is 29.6 Å². The third kappa shape index (κ3) is 3.96. The molecule has 1 aliphatic heterocycles. The van der Waals surface area contributed by atoms with Crippen molar-refractivity contribution in [3.63, 3.8) is 0 Å². The van der Waals surface area contributed by atoms with Crippen molar-refractivity contribution in [3.8, 4) is 11.5 Å². The second-order valence-electron chi connectivity index (χ2n) is 6.70. The number of ether oxygens (including phenoxy) is 1. The number of allylic oxidation sites excluding steroid dienone is 1. The standard InChI is InChI=1S/C23H22N2O5/c1-4-8-16-11-15(13-19(20(16)26)30-5-2)12-17-21(27)24-23(29)25(22(17)28)18-10-7-6-9-14(18)3/h4,6-7,9-13,26H,1,5,8H2,2-3H3,(H,24,27,29)/b17-12+. The first-order valence-electron chi connectivity index (χ1n) is 9.44. The average Bonchev–Trinajstić information content (AvgIpc) is 2.70. The fraction of sp³-hybridized carbons (Fsp3) is 0.174. The van der Waals surface area contributed by atoms with Crippen molar-refractivity contribution in [2.45, 2.75) is 20.3 Å². The Bertz CT molecular complexity index is 1070. The quantitative estimate of drug-likeness (QED) is 0.435. The number of carbonyl (C=O) groups excluding carboxylic acids is 3. The van der Waals surface area contributed by atoms with Crippen LogP contribution in [0.25, 0.3) is 6.08 Å². The smallest absolute Gasteiger partial charge is 0.335 e. The molecule has 0 bridgehead atoms. The highest BCUT2D eigenvalue weighted by Gasteiger charge is 2.37. The van der Waals surface area contributed by atoms with Gasteiger partial charge in [-0.2, -0.15) is 0 Å². The van der Waals surface area contributed by atoms with Gasteiger partial charge in [-0.3, -0.25) is 14.9 Å². The van der Waals surface area contributed by atoms with Crippen LogP contribution in [0, 0.1) is 6.92 Å². The lowest BCUT2D eigenvalue weighted by atomic mass is 10.0. The Morgan fingerprint density at radius 2 is 1.93 bits per heavy atom. The number of carbonyl (C=O) groups is 3. The van der Waals surface area contributed by atoms with E-state index in [0.717, 1.165) is 4.90 Å². The Morgan fingerprint density at radius 3 is 2.60 bits per heavy atom. The van der Waals surface area contributed by atoms with E-state index in [1.807, 2.05) is 0 Å². The molecule has 4 amide bonds. The lowest BCUT2D eigenvalue weighted by Gasteiger charge is -2.27. The van der Waals surface area contributed by atoms with E-state index in [4.69, 9.17) is 4.74 Å². The minimum atomic E-state index is -0.801. The van der Waals surface area contributed by atoms with Gasteiger partial charge in [-0.05, 0) is 55.7 Å². The Balaban J connectivity index is 2.08. The molecule has 1 saturated heterocycles. The molecule has 2 aromatic rings. The summed E-state index contributed by atoms with van der Waals surface area (Å²) in [6.45, 7) is 7.55. The van der Waals surface area contributed by atoms with Crippen LogP contribution in [-0.2, 0) is 16.0 Å². The fourth-order valence-electron chi connectivity index (χ4n) is 3.21. The summed E-state index contributed by atoms with van der Waals surface area (Å²) in [5.41, 5.74) is 1.93. The summed E-state index contributed by atoms with van der Waals surface area (Å²) < 4.78 is 5.47. The zero-order valence-electron chi connectivity index (χ0n) is 16.8. The average molecular weight is 406 g/mol. The molecular weight excluding hydrogens is 384 g/mol. The van der Waals surface area contributed by atoms with E-state index in [-0.39, 0.29) is 17.1 Å². The third-order valence-electron chi connectivity index (χ3n) is 4.61. The Hall–Kier alpha value is -3.87. The largest absolute Gasteiger partial charge is 0.504 e. The summed E-state index contributed by atoms with van der Waals surface area (Å²) in [4.78, 5) is 38.8. The number of phenolic OH excluding ortho intramolecular Hbond substituents is 1. The number of nitrogens with one attached hydrogen (secondary N) is 1. The predicted octanol–water partition coefficient (Wildman–Crippen LogP) is 3.49. The molecule has 0 aliphatic carbocycles. The maximum Gasteiger partial charge on any atom is 0.335 e. The molecule has 2 aromatic carbocycles. The third-order valence-corrected chi connectivity index (χ3v) is 4.61. The van der Waals surface area contributed by atoms with Crippen LogP contribution in [0.2, 0.25) is 0 Å². The Labute approximate surface area is 174 Å². The van der Waals surface area contributed by atoms with Crippen LogP contribution >= 0.6 is 0 Å². The van der Waals surface area contributed by atoms with Crippen molar-refractivity contribution < 1.29 is 24.2 Å². The van der Waals surface area contributed by atoms with Crippen molar-refractivity contribution in [1.29, 1.82) is 0 Å². The van der Waals surface area contributed by atoms with E-state index in [0.29, 0.717) is 35.4 Å². The highest BCUT2D eigenvalue weighted by molar-refractivity contribution is 6.39. The lowest BCUT2D eigenvalue weighted by Crippen LogP contribution is -2.54. The van der Waals surface area contributed by atoms with Gasteiger partial charge in [-0.1, -0.05) is 24.3 Å². The van der Waals surface area contributed by atoms with Gasteiger partial charge in [-0.15, -0.1) is 6.58 Å². The molecule has 0 atom stereocenters. The van der Waals surface area contributed by atoms with Gasteiger partial charge >= 0.3 is 6.03 Å². The first-order valence-corrected chi connectivity index (χ1v) is 9.44. The SMILES string of the molecule is C=CCc1cc(/C=C2\C(=O)NC(=O)N(c3ccccc3C)C2=O)cc(OCC)c1O. The van der Waals surface area contributed by atoms with Crippen molar-refractivity contribution >= 4 is 29.6 Å². The zero-order valence-corrected chi connectivity index (χ0v) is 16.8. The molecule has 0 unspecified atom stereocenters. The monoisotopic (exact) mass is 406 g/mol. The molecule has 0 spiro atoms.